The van der Waals surface area contributed by atoms with Crippen molar-refractivity contribution in [1.29, 1.82) is 0 Å². The third kappa shape index (κ3) is 4.80. The molecule has 1 saturated heterocycles. The van der Waals surface area contributed by atoms with E-state index in [1.165, 1.54) is 12.1 Å². The molecule has 4 rings (SSSR count). The molecule has 0 bridgehead atoms. The summed E-state index contributed by atoms with van der Waals surface area (Å²) in [7, 11) is 3.20. The predicted molar refractivity (Wildman–Crippen MR) is 126 cm³/mol. The number of aliphatic hydroxyl groups is 1. The summed E-state index contributed by atoms with van der Waals surface area (Å²) in [6.45, 7) is 4.23. The average molecular weight is 471 g/mol. The van der Waals surface area contributed by atoms with Crippen LogP contribution in [0, 0.1) is 5.82 Å². The second-order valence-electron chi connectivity index (χ2n) is 8.59. The Kier molecular flexibility index (Phi) is 6.54. The molecule has 2 atom stereocenters. The zero-order chi connectivity index (χ0) is 23.8. The summed E-state index contributed by atoms with van der Waals surface area (Å²) in [4.78, 5) is 12.8. The molecule has 2 aromatic carbocycles. The van der Waals surface area contributed by atoms with E-state index >= 15 is 0 Å². The minimum atomic E-state index is -0.711. The van der Waals surface area contributed by atoms with Crippen molar-refractivity contribution in [2.75, 3.05) is 14.2 Å². The number of aliphatic hydroxyl groups excluding tert-OH is 1. The predicted octanol–water partition coefficient (Wildman–Crippen LogP) is 5.15. The highest BCUT2D eigenvalue weighted by Gasteiger charge is 2.35. The molecule has 2 heterocycles. The number of carbonyl (C=O) groups is 1. The molecule has 2 aliphatic rings. The molecule has 2 aliphatic heterocycles. The van der Waals surface area contributed by atoms with Crippen molar-refractivity contribution >= 4 is 23.3 Å². The van der Waals surface area contributed by atoms with Crippen molar-refractivity contribution in [2.24, 2.45) is 0 Å². The number of thioether (sulfide) groups is 1. The zero-order valence-electron chi connectivity index (χ0n) is 19.1. The molecular formula is C26H27FO5S. The smallest absolute Gasteiger partial charge is 0.309 e. The largest absolute Gasteiger partial charge is 0.493 e. The maximum atomic E-state index is 13.7. The third-order valence-corrected chi connectivity index (χ3v) is 7.13. The second kappa shape index (κ2) is 9.23. The summed E-state index contributed by atoms with van der Waals surface area (Å²) in [5.41, 5.74) is 3.74. The molecule has 1 N–H and O–H groups in total. The molecule has 33 heavy (non-hydrogen) atoms. The van der Waals surface area contributed by atoms with E-state index in [4.69, 9.17) is 14.2 Å². The van der Waals surface area contributed by atoms with Gasteiger partial charge in [0, 0.05) is 21.6 Å². The third-order valence-electron chi connectivity index (χ3n) is 5.84. The fourth-order valence-corrected chi connectivity index (χ4v) is 5.52. The standard InChI is InChI=1S/C26H27FO5S/c1-26(2)20(10-9-18-11-17(28)12-24(29)32-18)25(15-5-7-16(27)8-6-15)19-13-21(30-3)22(31-4)14-23(19)33-26/h5-10,13-14,17-18,28H,11-12H2,1-4H3. The first-order valence-electron chi connectivity index (χ1n) is 10.7. The molecule has 0 aromatic heterocycles. The maximum Gasteiger partial charge on any atom is 0.309 e. The molecule has 0 aliphatic carbocycles. The number of carbonyl (C=O) groups excluding carboxylic acids is 1. The van der Waals surface area contributed by atoms with Gasteiger partial charge in [-0.2, -0.15) is 0 Å². The van der Waals surface area contributed by atoms with Gasteiger partial charge in [-0.3, -0.25) is 4.79 Å². The van der Waals surface area contributed by atoms with Gasteiger partial charge in [0.15, 0.2) is 11.5 Å². The van der Waals surface area contributed by atoms with Crippen molar-refractivity contribution in [2.45, 2.75) is 48.5 Å². The lowest BCUT2D eigenvalue weighted by atomic mass is 9.86. The number of ether oxygens (including phenoxy) is 3. The lowest BCUT2D eigenvalue weighted by molar-refractivity contribution is -0.156. The summed E-state index contributed by atoms with van der Waals surface area (Å²) in [6, 6.07) is 10.3. The monoisotopic (exact) mass is 470 g/mol. The molecule has 0 radical (unpaired) electrons. The van der Waals surface area contributed by atoms with Gasteiger partial charge in [-0.05, 0) is 60.9 Å². The number of allylic oxidation sites excluding steroid dienone is 1. The van der Waals surface area contributed by atoms with Gasteiger partial charge in [-0.1, -0.05) is 18.2 Å². The number of cyclic esters (lactones) is 1. The number of rotatable bonds is 5. The molecule has 2 unspecified atom stereocenters. The van der Waals surface area contributed by atoms with Crippen molar-refractivity contribution < 1.29 is 28.5 Å². The molecule has 7 heteroatoms. The van der Waals surface area contributed by atoms with Gasteiger partial charge in [0.05, 0.1) is 26.7 Å². The molecule has 0 spiro atoms. The average Bonchev–Trinajstić information content (AvgIpc) is 2.76. The Balaban J connectivity index is 1.90. The summed E-state index contributed by atoms with van der Waals surface area (Å²) in [5, 5.41) is 9.97. The Hall–Kier alpha value is -2.77. The van der Waals surface area contributed by atoms with Crippen molar-refractivity contribution in [3.63, 3.8) is 0 Å². The van der Waals surface area contributed by atoms with Crippen molar-refractivity contribution in [3.8, 4) is 11.5 Å². The van der Waals surface area contributed by atoms with Crippen LogP contribution in [0.2, 0.25) is 0 Å². The number of benzene rings is 2. The molecule has 174 valence electrons. The first-order valence-corrected chi connectivity index (χ1v) is 11.6. The quantitative estimate of drug-likeness (QED) is 0.610. The van der Waals surface area contributed by atoms with E-state index in [0.29, 0.717) is 17.9 Å². The van der Waals surface area contributed by atoms with Crippen LogP contribution in [0.25, 0.3) is 5.57 Å². The Bertz CT molecular complexity index is 1120. The first-order chi connectivity index (χ1) is 15.7. The topological polar surface area (TPSA) is 65.0 Å². The number of hydrogen-bond donors (Lipinski definition) is 1. The highest BCUT2D eigenvalue weighted by atomic mass is 32.2. The minimum Gasteiger partial charge on any atom is -0.493 e. The van der Waals surface area contributed by atoms with Crippen LogP contribution < -0.4 is 9.47 Å². The number of hydrogen-bond acceptors (Lipinski definition) is 6. The zero-order valence-corrected chi connectivity index (χ0v) is 19.9. The van der Waals surface area contributed by atoms with Gasteiger partial charge in [0.1, 0.15) is 11.9 Å². The summed E-state index contributed by atoms with van der Waals surface area (Å²) >= 11 is 1.68. The van der Waals surface area contributed by atoms with Crippen molar-refractivity contribution in [3.05, 3.63) is 71.1 Å². The maximum absolute atomic E-state index is 13.7. The fourth-order valence-electron chi connectivity index (χ4n) is 4.26. The lowest BCUT2D eigenvalue weighted by Gasteiger charge is -2.35. The Morgan fingerprint density at radius 3 is 2.45 bits per heavy atom. The number of esters is 1. The highest BCUT2D eigenvalue weighted by molar-refractivity contribution is 8.01. The van der Waals surface area contributed by atoms with Crippen LogP contribution in [0.1, 0.15) is 37.8 Å². The molecule has 5 nitrogen and oxygen atoms in total. The summed E-state index contributed by atoms with van der Waals surface area (Å²) in [5.74, 6) is 0.524. The normalized spacial score (nSPS) is 22.2. The van der Waals surface area contributed by atoms with Crippen LogP contribution in [0.3, 0.4) is 0 Å². The van der Waals surface area contributed by atoms with Gasteiger partial charge < -0.3 is 19.3 Å². The van der Waals surface area contributed by atoms with Crippen LogP contribution in [-0.2, 0) is 9.53 Å². The number of halogens is 1. The summed E-state index contributed by atoms with van der Waals surface area (Å²) < 4.78 is 29.9. The van der Waals surface area contributed by atoms with Gasteiger partial charge in [0.25, 0.3) is 0 Å². The SMILES string of the molecule is COc1cc2c(cc1OC)C(c1ccc(F)cc1)=C(C=CC1CC(O)CC(=O)O1)C(C)(C)S2. The van der Waals surface area contributed by atoms with Gasteiger partial charge in [-0.15, -0.1) is 11.8 Å². The second-order valence-corrected chi connectivity index (χ2v) is 10.3. The fraction of sp³-hybridized carbons (Fsp3) is 0.346. The first kappa shape index (κ1) is 23.4. The molecule has 0 saturated carbocycles. The van der Waals surface area contributed by atoms with Gasteiger partial charge in [0.2, 0.25) is 0 Å². The van der Waals surface area contributed by atoms with Gasteiger partial charge in [-0.25, -0.2) is 4.39 Å². The number of methoxy groups -OCH3 is 2. The van der Waals surface area contributed by atoms with Gasteiger partial charge >= 0.3 is 5.97 Å². The Labute approximate surface area is 197 Å². The molecular weight excluding hydrogens is 443 g/mol. The minimum absolute atomic E-state index is 0.0181. The van der Waals surface area contributed by atoms with E-state index in [-0.39, 0.29) is 17.0 Å². The van der Waals surface area contributed by atoms with Crippen LogP contribution in [0.15, 0.2) is 59.0 Å². The van der Waals surface area contributed by atoms with Crippen LogP contribution in [0.4, 0.5) is 4.39 Å². The lowest BCUT2D eigenvalue weighted by Crippen LogP contribution is -2.31. The van der Waals surface area contributed by atoms with Crippen LogP contribution >= 0.6 is 11.8 Å². The van der Waals surface area contributed by atoms with E-state index in [1.54, 1.807) is 38.1 Å². The van der Waals surface area contributed by atoms with Crippen molar-refractivity contribution in [1.82, 2.24) is 0 Å². The van der Waals surface area contributed by atoms with E-state index in [9.17, 15) is 14.3 Å². The van der Waals surface area contributed by atoms with Crippen LogP contribution in [-0.4, -0.2) is 42.3 Å². The van der Waals surface area contributed by atoms with E-state index in [0.717, 1.165) is 27.2 Å². The van der Waals surface area contributed by atoms with E-state index in [2.05, 4.69) is 13.8 Å². The Morgan fingerprint density at radius 2 is 1.82 bits per heavy atom. The molecule has 0 amide bonds. The van der Waals surface area contributed by atoms with E-state index < -0.39 is 18.2 Å². The highest BCUT2D eigenvalue weighted by Crippen LogP contribution is 2.53. The molecule has 2 aromatic rings. The molecule has 1 fully saturated rings. The van der Waals surface area contributed by atoms with E-state index in [1.807, 2.05) is 24.3 Å². The number of fused-ring (bicyclic) bond motifs is 1. The summed E-state index contributed by atoms with van der Waals surface area (Å²) in [6.07, 6.45) is 2.95. The van der Waals surface area contributed by atoms with Crippen LogP contribution in [0.5, 0.6) is 11.5 Å². The Morgan fingerprint density at radius 1 is 1.15 bits per heavy atom.